The summed E-state index contributed by atoms with van der Waals surface area (Å²) in [6.45, 7) is 6.41. The summed E-state index contributed by atoms with van der Waals surface area (Å²) in [4.78, 5) is 19.5. The van der Waals surface area contributed by atoms with Crippen molar-refractivity contribution < 1.29 is 9.32 Å². The standard InChI is InChI=1S/C22H30N4O2.ClH/c1-22(2,3)13-19-24-20(25-28-19)14-6-5-7-15(10-14)21(27)26(4)18-11-16-8-9-17(12-18)23-16;/h5-7,10,16-18,23H,8-9,11-13H2,1-4H3;1H. The minimum Gasteiger partial charge on any atom is -0.339 e. The van der Waals surface area contributed by atoms with E-state index in [4.69, 9.17) is 4.52 Å². The van der Waals surface area contributed by atoms with Crippen LogP contribution in [0.4, 0.5) is 0 Å². The van der Waals surface area contributed by atoms with Crippen LogP contribution < -0.4 is 5.32 Å². The molecule has 2 saturated heterocycles. The maximum absolute atomic E-state index is 13.1. The molecule has 2 unspecified atom stereocenters. The van der Waals surface area contributed by atoms with E-state index in [0.29, 0.717) is 35.4 Å². The van der Waals surface area contributed by atoms with Crippen LogP contribution in [0.1, 0.15) is 62.7 Å². The smallest absolute Gasteiger partial charge is 0.253 e. The van der Waals surface area contributed by atoms with Crippen molar-refractivity contribution >= 4 is 18.3 Å². The second-order valence-corrected chi connectivity index (χ2v) is 9.51. The summed E-state index contributed by atoms with van der Waals surface area (Å²) in [5.41, 5.74) is 1.57. The van der Waals surface area contributed by atoms with Crippen molar-refractivity contribution in [1.82, 2.24) is 20.4 Å². The molecule has 29 heavy (non-hydrogen) atoms. The second-order valence-electron chi connectivity index (χ2n) is 9.51. The summed E-state index contributed by atoms with van der Waals surface area (Å²) in [7, 11) is 1.93. The maximum Gasteiger partial charge on any atom is 0.253 e. The minimum absolute atomic E-state index is 0. The Morgan fingerprint density at radius 3 is 2.59 bits per heavy atom. The first kappa shape index (κ1) is 21.8. The molecule has 2 atom stereocenters. The lowest BCUT2D eigenvalue weighted by molar-refractivity contribution is 0.0681. The van der Waals surface area contributed by atoms with Gasteiger partial charge in [0.1, 0.15) is 0 Å². The number of aromatic nitrogens is 2. The van der Waals surface area contributed by atoms with Crippen LogP contribution in [-0.2, 0) is 6.42 Å². The van der Waals surface area contributed by atoms with Crippen molar-refractivity contribution in [2.24, 2.45) is 5.41 Å². The molecule has 4 rings (SSSR count). The van der Waals surface area contributed by atoms with Crippen LogP contribution in [0.5, 0.6) is 0 Å². The number of carbonyl (C=O) groups is 1. The fraction of sp³-hybridized carbons (Fsp3) is 0.591. The zero-order valence-electron chi connectivity index (χ0n) is 17.6. The first-order valence-corrected chi connectivity index (χ1v) is 10.2. The van der Waals surface area contributed by atoms with E-state index in [2.05, 4.69) is 36.2 Å². The predicted molar refractivity (Wildman–Crippen MR) is 115 cm³/mol. The molecule has 3 heterocycles. The maximum atomic E-state index is 13.1. The third-order valence-electron chi connectivity index (χ3n) is 5.83. The molecule has 0 radical (unpaired) electrons. The van der Waals surface area contributed by atoms with Gasteiger partial charge >= 0.3 is 0 Å². The summed E-state index contributed by atoms with van der Waals surface area (Å²) < 4.78 is 5.41. The summed E-state index contributed by atoms with van der Waals surface area (Å²) >= 11 is 0. The number of hydrogen-bond donors (Lipinski definition) is 1. The van der Waals surface area contributed by atoms with Gasteiger partial charge in [0.15, 0.2) is 0 Å². The minimum atomic E-state index is 0. The lowest BCUT2D eigenvalue weighted by Crippen LogP contribution is -2.48. The number of nitrogens with one attached hydrogen (secondary N) is 1. The Morgan fingerprint density at radius 2 is 1.93 bits per heavy atom. The number of hydrogen-bond acceptors (Lipinski definition) is 5. The molecule has 7 heteroatoms. The van der Waals surface area contributed by atoms with Gasteiger partial charge in [0.2, 0.25) is 11.7 Å². The van der Waals surface area contributed by atoms with E-state index in [1.54, 1.807) is 0 Å². The van der Waals surface area contributed by atoms with Crippen LogP contribution in [0.25, 0.3) is 11.4 Å². The van der Waals surface area contributed by atoms with Crippen LogP contribution in [-0.4, -0.2) is 46.1 Å². The van der Waals surface area contributed by atoms with Gasteiger partial charge in [0.25, 0.3) is 5.91 Å². The predicted octanol–water partition coefficient (Wildman–Crippen LogP) is 4.10. The molecule has 2 aliphatic rings. The molecule has 0 aliphatic carbocycles. The van der Waals surface area contributed by atoms with E-state index < -0.39 is 0 Å². The van der Waals surface area contributed by atoms with Gasteiger partial charge in [-0.1, -0.05) is 38.1 Å². The average Bonchev–Trinajstić information content (AvgIpc) is 3.25. The Morgan fingerprint density at radius 1 is 1.24 bits per heavy atom. The highest BCUT2D eigenvalue weighted by Crippen LogP contribution is 2.30. The topological polar surface area (TPSA) is 71.3 Å². The SMILES string of the molecule is CN(C(=O)c1cccc(-c2noc(CC(C)(C)C)n2)c1)C1CC2CCC(C1)N2.Cl. The molecule has 158 valence electrons. The molecule has 1 N–H and O–H groups in total. The van der Waals surface area contributed by atoms with Gasteiger partial charge in [-0.05, 0) is 43.2 Å². The van der Waals surface area contributed by atoms with Crippen molar-refractivity contribution in [3.05, 3.63) is 35.7 Å². The molecule has 1 aromatic heterocycles. The van der Waals surface area contributed by atoms with Crippen molar-refractivity contribution in [3.8, 4) is 11.4 Å². The van der Waals surface area contributed by atoms with Crippen molar-refractivity contribution in [2.75, 3.05) is 7.05 Å². The first-order valence-electron chi connectivity index (χ1n) is 10.2. The lowest BCUT2D eigenvalue weighted by atomic mass is 9.92. The van der Waals surface area contributed by atoms with Crippen LogP contribution in [0, 0.1) is 5.41 Å². The van der Waals surface area contributed by atoms with Gasteiger partial charge in [-0.3, -0.25) is 4.79 Å². The van der Waals surface area contributed by atoms with Crippen LogP contribution in [0.3, 0.4) is 0 Å². The van der Waals surface area contributed by atoms with E-state index in [-0.39, 0.29) is 23.7 Å². The van der Waals surface area contributed by atoms with E-state index in [0.717, 1.165) is 24.8 Å². The highest BCUT2D eigenvalue weighted by atomic mass is 35.5. The Bertz CT molecular complexity index is 848. The van der Waals surface area contributed by atoms with Crippen LogP contribution in [0.15, 0.2) is 28.8 Å². The zero-order valence-corrected chi connectivity index (χ0v) is 18.5. The quantitative estimate of drug-likeness (QED) is 0.809. The molecular weight excluding hydrogens is 388 g/mol. The Hall–Kier alpha value is -1.92. The van der Waals surface area contributed by atoms with E-state index in [1.807, 2.05) is 36.2 Å². The number of carbonyl (C=O) groups excluding carboxylic acids is 1. The number of piperidine rings is 1. The largest absolute Gasteiger partial charge is 0.339 e. The molecule has 6 nitrogen and oxygen atoms in total. The number of benzene rings is 1. The van der Waals surface area contributed by atoms with E-state index in [9.17, 15) is 4.79 Å². The number of halogens is 1. The highest BCUT2D eigenvalue weighted by Gasteiger charge is 2.36. The summed E-state index contributed by atoms with van der Waals surface area (Å²) in [6.07, 6.45) is 5.26. The van der Waals surface area contributed by atoms with E-state index >= 15 is 0 Å². The normalized spacial score (nSPS) is 23.5. The van der Waals surface area contributed by atoms with Gasteiger partial charge in [-0.2, -0.15) is 4.98 Å². The van der Waals surface area contributed by atoms with Gasteiger partial charge in [0.05, 0.1) is 0 Å². The molecule has 2 bridgehead atoms. The number of nitrogens with zero attached hydrogens (tertiary/aromatic N) is 3. The monoisotopic (exact) mass is 418 g/mol. The fourth-order valence-electron chi connectivity index (χ4n) is 4.40. The highest BCUT2D eigenvalue weighted by molar-refractivity contribution is 5.95. The number of amides is 1. The molecule has 1 amide bonds. The third-order valence-corrected chi connectivity index (χ3v) is 5.83. The van der Waals surface area contributed by atoms with Gasteiger partial charge in [-0.15, -0.1) is 12.4 Å². The van der Waals surface area contributed by atoms with Crippen molar-refractivity contribution in [3.63, 3.8) is 0 Å². The Kier molecular flexibility index (Phi) is 6.34. The molecule has 1 aromatic carbocycles. The van der Waals surface area contributed by atoms with Crippen LogP contribution in [0.2, 0.25) is 0 Å². The lowest BCUT2D eigenvalue weighted by Gasteiger charge is -2.35. The number of rotatable bonds is 4. The molecule has 0 spiro atoms. The number of fused-ring (bicyclic) bond motifs is 2. The molecular formula is C22H31ClN4O2. The fourth-order valence-corrected chi connectivity index (χ4v) is 4.40. The first-order chi connectivity index (χ1) is 13.3. The summed E-state index contributed by atoms with van der Waals surface area (Å²) in [6, 6.07) is 8.99. The average molecular weight is 419 g/mol. The van der Waals surface area contributed by atoms with Gasteiger partial charge in [-0.25, -0.2) is 0 Å². The molecule has 2 fully saturated rings. The van der Waals surface area contributed by atoms with Crippen molar-refractivity contribution in [1.29, 1.82) is 0 Å². The summed E-state index contributed by atoms with van der Waals surface area (Å²) in [5.74, 6) is 1.23. The second kappa shape index (κ2) is 8.44. The van der Waals surface area contributed by atoms with Gasteiger partial charge < -0.3 is 14.7 Å². The van der Waals surface area contributed by atoms with Gasteiger partial charge in [0, 0.05) is 42.7 Å². The Labute approximate surface area is 178 Å². The molecule has 2 aliphatic heterocycles. The Balaban J connectivity index is 0.00000240. The summed E-state index contributed by atoms with van der Waals surface area (Å²) in [5, 5.41) is 7.75. The zero-order chi connectivity index (χ0) is 19.9. The third kappa shape index (κ3) is 4.98. The molecule has 2 aromatic rings. The van der Waals surface area contributed by atoms with Crippen LogP contribution >= 0.6 is 12.4 Å². The molecule has 0 saturated carbocycles. The van der Waals surface area contributed by atoms with Crippen molar-refractivity contribution in [2.45, 2.75) is 71.0 Å². The van der Waals surface area contributed by atoms with E-state index in [1.165, 1.54) is 12.8 Å².